The van der Waals surface area contributed by atoms with Gasteiger partial charge in [-0.25, -0.2) is 18.4 Å². The highest BCUT2D eigenvalue weighted by Gasteiger charge is 2.39. The van der Waals surface area contributed by atoms with Crippen molar-refractivity contribution < 1.29 is 26.7 Å². The second kappa shape index (κ2) is 9.22. The number of hydrogen-bond acceptors (Lipinski definition) is 7. The smallest absolute Gasteiger partial charge is 0.389 e. The van der Waals surface area contributed by atoms with Crippen LogP contribution in [0.4, 0.5) is 19.1 Å². The Bertz CT molecular complexity index is 1420. The fraction of sp³-hybridized carbons (Fsp3) is 0.500. The van der Waals surface area contributed by atoms with Crippen molar-refractivity contribution in [3.8, 4) is 11.3 Å². The zero-order valence-corrected chi connectivity index (χ0v) is 21.3. The number of piperidine rings is 1. The van der Waals surface area contributed by atoms with Gasteiger partial charge in [-0.2, -0.15) is 17.5 Å². The number of nitrogens with zero attached hydrogens (tertiary/aromatic N) is 4. The summed E-state index contributed by atoms with van der Waals surface area (Å²) in [7, 11) is -1.90. The van der Waals surface area contributed by atoms with E-state index in [1.807, 2.05) is 7.05 Å². The first kappa shape index (κ1) is 25.9. The van der Waals surface area contributed by atoms with Crippen molar-refractivity contribution in [3.05, 3.63) is 36.2 Å². The van der Waals surface area contributed by atoms with Gasteiger partial charge in [0.2, 0.25) is 16.0 Å². The van der Waals surface area contributed by atoms with Crippen molar-refractivity contribution in [2.24, 2.45) is 0 Å². The van der Waals surface area contributed by atoms with E-state index in [1.54, 1.807) is 6.92 Å². The molecule has 3 N–H and O–H groups in total. The Morgan fingerprint density at radius 3 is 2.73 bits per heavy atom. The highest BCUT2D eigenvalue weighted by atomic mass is 32.2. The maximum atomic E-state index is 13.9. The average Bonchev–Trinajstić information content (AvgIpc) is 3.41. The number of aromatic nitrogens is 3. The number of nitrogens with one attached hydrogen (secondary N) is 2. The van der Waals surface area contributed by atoms with Gasteiger partial charge in [0.25, 0.3) is 0 Å². The minimum atomic E-state index is -4.68. The molecular weight excluding hydrogens is 509 g/mol. The van der Waals surface area contributed by atoms with Crippen LogP contribution in [0.2, 0.25) is 0 Å². The van der Waals surface area contributed by atoms with E-state index < -0.39 is 27.4 Å². The molecule has 2 fully saturated rings. The van der Waals surface area contributed by atoms with Gasteiger partial charge in [-0.05, 0) is 51.9 Å². The fourth-order valence-electron chi connectivity index (χ4n) is 5.05. The summed E-state index contributed by atoms with van der Waals surface area (Å²) >= 11 is 0. The number of likely N-dealkylation sites (tertiary alicyclic amines) is 1. The van der Waals surface area contributed by atoms with E-state index in [-0.39, 0.29) is 41.2 Å². The molecule has 2 aliphatic heterocycles. The molecule has 0 amide bonds. The number of rotatable bonds is 5. The number of benzene rings is 1. The predicted octanol–water partition coefficient (Wildman–Crippen LogP) is 3.30. The molecule has 2 saturated heterocycles. The standard InChI is InChI=1S/C24H29F3N6O3S/c1-23(34)7-9-33(14-23)37(35,36)16-5-6-17-18(11-28-20(17)10-16)21-19(24(25,26)27)12-29-22(31-21)30-15-4-3-8-32(2)13-15/h5-6,10-12,15,28,34H,3-4,7-9,13-14H2,1-2H3,(H,29,30,31)/t15-,23?/m0/s1. The molecule has 5 rings (SSSR count). The van der Waals surface area contributed by atoms with Gasteiger partial charge in [0.05, 0.1) is 16.2 Å². The third-order valence-electron chi connectivity index (χ3n) is 7.01. The Labute approximate surface area is 212 Å². The van der Waals surface area contributed by atoms with Crippen molar-refractivity contribution in [1.82, 2.24) is 24.2 Å². The van der Waals surface area contributed by atoms with E-state index in [0.29, 0.717) is 17.3 Å². The highest BCUT2D eigenvalue weighted by Crippen LogP contribution is 2.39. The largest absolute Gasteiger partial charge is 0.419 e. The van der Waals surface area contributed by atoms with Crippen LogP contribution in [0, 0.1) is 0 Å². The van der Waals surface area contributed by atoms with Crippen molar-refractivity contribution in [2.45, 2.75) is 48.9 Å². The molecule has 37 heavy (non-hydrogen) atoms. The van der Waals surface area contributed by atoms with Crippen LogP contribution in [0.15, 0.2) is 35.5 Å². The summed E-state index contributed by atoms with van der Waals surface area (Å²) in [5, 5.41) is 13.7. The molecule has 3 aromatic rings. The number of hydrogen-bond donors (Lipinski definition) is 3. The van der Waals surface area contributed by atoms with Gasteiger partial charge < -0.3 is 20.3 Å². The number of likely N-dealkylation sites (N-methyl/N-ethyl adjacent to an activating group) is 1. The summed E-state index contributed by atoms with van der Waals surface area (Å²) in [6.07, 6.45) is -0.349. The lowest BCUT2D eigenvalue weighted by Gasteiger charge is -2.30. The lowest BCUT2D eigenvalue weighted by molar-refractivity contribution is -0.137. The first-order valence-corrected chi connectivity index (χ1v) is 13.5. The molecule has 9 nitrogen and oxygen atoms in total. The van der Waals surface area contributed by atoms with Gasteiger partial charge in [-0.1, -0.05) is 6.07 Å². The molecule has 0 saturated carbocycles. The summed E-state index contributed by atoms with van der Waals surface area (Å²) in [5.41, 5.74) is -1.81. The predicted molar refractivity (Wildman–Crippen MR) is 132 cm³/mol. The fourth-order valence-corrected chi connectivity index (χ4v) is 6.64. The van der Waals surface area contributed by atoms with Gasteiger partial charge in [0.1, 0.15) is 5.56 Å². The van der Waals surface area contributed by atoms with E-state index >= 15 is 0 Å². The van der Waals surface area contributed by atoms with Crippen LogP contribution in [-0.4, -0.2) is 82.6 Å². The minimum absolute atomic E-state index is 0.00592. The molecule has 1 unspecified atom stereocenters. The van der Waals surface area contributed by atoms with Crippen molar-refractivity contribution in [3.63, 3.8) is 0 Å². The summed E-state index contributed by atoms with van der Waals surface area (Å²) < 4.78 is 69.2. The zero-order chi connectivity index (χ0) is 26.6. The number of H-pyrrole nitrogens is 1. The van der Waals surface area contributed by atoms with Crippen LogP contribution in [0.25, 0.3) is 22.2 Å². The second-order valence-electron chi connectivity index (χ2n) is 10.2. The SMILES string of the molecule is CN1CCC[C@H](Nc2ncc(C(F)(F)F)c(-c3c[nH]c4cc(S(=O)(=O)N5CCC(C)(O)C5)ccc34)n2)C1. The Morgan fingerprint density at radius 2 is 2.05 bits per heavy atom. The van der Waals surface area contributed by atoms with Crippen molar-refractivity contribution in [2.75, 3.05) is 38.5 Å². The minimum Gasteiger partial charge on any atom is -0.389 e. The molecule has 13 heteroatoms. The molecule has 2 atom stereocenters. The summed E-state index contributed by atoms with van der Waals surface area (Å²) in [4.78, 5) is 13.2. The van der Waals surface area contributed by atoms with E-state index in [9.17, 15) is 26.7 Å². The number of sulfonamides is 1. The number of aliphatic hydroxyl groups is 1. The van der Waals surface area contributed by atoms with Crippen LogP contribution >= 0.6 is 0 Å². The zero-order valence-electron chi connectivity index (χ0n) is 20.5. The second-order valence-corrected chi connectivity index (χ2v) is 12.1. The Morgan fingerprint density at radius 1 is 1.27 bits per heavy atom. The molecule has 2 aromatic heterocycles. The third-order valence-corrected chi connectivity index (χ3v) is 8.86. The quantitative estimate of drug-likeness (QED) is 0.457. The van der Waals surface area contributed by atoms with Crippen LogP contribution in [0.1, 0.15) is 31.7 Å². The molecule has 0 spiro atoms. The van der Waals surface area contributed by atoms with Crippen LogP contribution in [0.5, 0.6) is 0 Å². The lowest BCUT2D eigenvalue weighted by atomic mass is 10.1. The molecule has 0 radical (unpaired) electrons. The van der Waals surface area contributed by atoms with Gasteiger partial charge in [0.15, 0.2) is 0 Å². The molecular formula is C24H29F3N6O3S. The number of β-amino-alcohol motifs (C(OH)–C–C–N with tert-alkyl or cyclic N) is 1. The van der Waals surface area contributed by atoms with E-state index in [1.165, 1.54) is 28.7 Å². The van der Waals surface area contributed by atoms with Crippen LogP contribution in [0.3, 0.4) is 0 Å². The Hall–Kier alpha value is -2.74. The van der Waals surface area contributed by atoms with Crippen LogP contribution < -0.4 is 5.32 Å². The van der Waals surface area contributed by atoms with Crippen LogP contribution in [-0.2, 0) is 16.2 Å². The molecule has 200 valence electrons. The number of fused-ring (bicyclic) bond motifs is 1. The molecule has 2 aliphatic rings. The topological polar surface area (TPSA) is 114 Å². The van der Waals surface area contributed by atoms with Gasteiger partial charge in [-0.15, -0.1) is 0 Å². The molecule has 1 aromatic carbocycles. The highest BCUT2D eigenvalue weighted by molar-refractivity contribution is 7.89. The monoisotopic (exact) mass is 538 g/mol. The van der Waals surface area contributed by atoms with Gasteiger partial charge in [0, 0.05) is 54.5 Å². The summed E-state index contributed by atoms with van der Waals surface area (Å²) in [6.45, 7) is 3.44. The third kappa shape index (κ3) is 5.17. The molecule has 0 bridgehead atoms. The average molecular weight is 539 g/mol. The normalized spacial score (nSPS) is 24.1. The first-order valence-electron chi connectivity index (χ1n) is 12.1. The van der Waals surface area contributed by atoms with Gasteiger partial charge in [-0.3, -0.25) is 0 Å². The Kier molecular flexibility index (Phi) is 6.45. The molecule has 4 heterocycles. The van der Waals surface area contributed by atoms with E-state index in [2.05, 4.69) is 25.2 Å². The molecule has 0 aliphatic carbocycles. The number of anilines is 1. The van der Waals surface area contributed by atoms with Crippen molar-refractivity contribution in [1.29, 1.82) is 0 Å². The van der Waals surface area contributed by atoms with Gasteiger partial charge >= 0.3 is 6.18 Å². The van der Waals surface area contributed by atoms with Crippen molar-refractivity contribution >= 4 is 26.9 Å². The van der Waals surface area contributed by atoms with E-state index in [0.717, 1.165) is 32.1 Å². The summed E-state index contributed by atoms with van der Waals surface area (Å²) in [6, 6.07) is 4.26. The number of alkyl halides is 3. The first-order chi connectivity index (χ1) is 17.3. The van der Waals surface area contributed by atoms with E-state index in [4.69, 9.17) is 0 Å². The Balaban J connectivity index is 1.51. The maximum absolute atomic E-state index is 13.9. The lowest BCUT2D eigenvalue weighted by Crippen LogP contribution is -2.40. The number of halogens is 3. The summed E-state index contributed by atoms with van der Waals surface area (Å²) in [5.74, 6) is 0.109. The number of aromatic amines is 1. The maximum Gasteiger partial charge on any atom is 0.419 e.